The van der Waals surface area contributed by atoms with Crippen molar-refractivity contribution >= 4 is 93.4 Å². The van der Waals surface area contributed by atoms with Crippen LogP contribution in [0.4, 0.5) is 0 Å². The monoisotopic (exact) mass is 784 g/mol. The summed E-state index contributed by atoms with van der Waals surface area (Å²) in [5.74, 6) is -0.458. The van der Waals surface area contributed by atoms with Crippen molar-refractivity contribution in [2.24, 2.45) is 0 Å². The summed E-state index contributed by atoms with van der Waals surface area (Å²) in [6, 6.07) is 0. The fourth-order valence-electron chi connectivity index (χ4n) is 1.42. The number of carbonyl (C=O) groups is 6. The predicted octanol–water partition coefficient (Wildman–Crippen LogP) is 10.2. The van der Waals surface area contributed by atoms with Crippen LogP contribution < -0.4 is 0 Å². The predicted molar refractivity (Wildman–Crippen MR) is 199 cm³/mol. The van der Waals surface area contributed by atoms with Crippen LogP contribution in [-0.4, -0.2) is 71.5 Å². The topological polar surface area (TPSA) is 139 Å². The highest BCUT2D eigenvalue weighted by Gasteiger charge is 1.93. The Labute approximate surface area is 311 Å². The van der Waals surface area contributed by atoms with E-state index in [1.165, 1.54) is 80.8 Å². The average Bonchev–Trinajstić information content (AvgIpc) is 2.89. The van der Waals surface area contributed by atoms with Crippen LogP contribution in [0.25, 0.3) is 0 Å². The summed E-state index contributed by atoms with van der Waals surface area (Å²) in [5, 5.41) is 0.194. The fraction of sp³-hybridized carbons (Fsp3) is 0.812. The Kier molecular flexibility index (Phi) is 96.5. The second-order valence-corrected chi connectivity index (χ2v) is 11.4. The third kappa shape index (κ3) is 293. The lowest BCUT2D eigenvalue weighted by molar-refractivity contribution is -0.145. The molecule has 0 radical (unpaired) electrons. The standard InChI is InChI=1S/C7H16.C5H10O2.2C4H8O2.C4H8O.C3H6O2.C3H6O.CHCl3.CH2Cl2/c1-3-5-7-6-4-2;1-4(2)7-5(3)6;2*1-3-6-4(2)5;1-3-4(2)5;1-3(4)5-2;1-3(2)4;2-1(3)4;2-1-3/h3-7H2,1-2H3;4H,1-3H3;2*3H2,1-2H3;3H2,1-2H3;1-2H3;1-2H3;1H;1H2. The zero-order valence-corrected chi connectivity index (χ0v) is 35.3. The molecule has 47 heavy (non-hydrogen) atoms. The molecule has 0 fully saturated rings. The Morgan fingerprint density at radius 2 is 0.809 bits per heavy atom. The number of esters is 4. The molecule has 0 aromatic carbocycles. The van der Waals surface area contributed by atoms with E-state index >= 15 is 0 Å². The van der Waals surface area contributed by atoms with Gasteiger partial charge < -0.3 is 28.5 Å². The number of hydrogen-bond donors (Lipinski definition) is 0. The first kappa shape index (κ1) is 67.8. The van der Waals surface area contributed by atoms with Crippen LogP contribution in [0, 0.1) is 0 Å². The number of Topliss-reactive ketones (excluding diaryl/α,β-unsaturated/α-hetero) is 2. The molecule has 0 saturated carbocycles. The van der Waals surface area contributed by atoms with Gasteiger partial charge in [-0.25, -0.2) is 0 Å². The van der Waals surface area contributed by atoms with Crippen LogP contribution in [0.2, 0.25) is 0 Å². The van der Waals surface area contributed by atoms with Gasteiger partial charge in [0.1, 0.15) is 11.6 Å². The van der Waals surface area contributed by atoms with Gasteiger partial charge in [-0.1, -0.05) is 87.7 Å². The highest BCUT2D eigenvalue weighted by Crippen LogP contribution is 2.03. The van der Waals surface area contributed by atoms with Crippen LogP contribution in [0.5, 0.6) is 0 Å². The molecular weight excluding hydrogens is 722 g/mol. The van der Waals surface area contributed by atoms with E-state index < -0.39 is 4.30 Å². The number of ketones is 2. The van der Waals surface area contributed by atoms with Gasteiger partial charge >= 0.3 is 23.9 Å². The molecular formula is C32H65Cl5O10. The van der Waals surface area contributed by atoms with E-state index in [0.29, 0.717) is 19.6 Å². The quantitative estimate of drug-likeness (QED) is 0.101. The lowest BCUT2D eigenvalue weighted by Crippen LogP contribution is -2.06. The lowest BCUT2D eigenvalue weighted by atomic mass is 10.2. The molecule has 0 aliphatic rings. The molecule has 0 atom stereocenters. The number of halogens is 5. The molecule has 10 nitrogen and oxygen atoms in total. The minimum absolute atomic E-state index is 0.0255. The molecule has 0 rings (SSSR count). The number of hydrogen-bond acceptors (Lipinski definition) is 10. The van der Waals surface area contributed by atoms with Crippen molar-refractivity contribution in [1.82, 2.24) is 0 Å². The molecule has 0 bridgehead atoms. The normalized spacial score (nSPS) is 7.96. The van der Waals surface area contributed by atoms with Gasteiger partial charge in [-0.2, -0.15) is 0 Å². The molecule has 0 saturated heterocycles. The Morgan fingerprint density at radius 3 is 0.851 bits per heavy atom. The zero-order valence-electron chi connectivity index (χ0n) is 31.5. The van der Waals surface area contributed by atoms with Crippen molar-refractivity contribution in [3.05, 3.63) is 0 Å². The molecule has 0 N–H and O–H groups in total. The number of unbranched alkanes of at least 4 members (excludes halogenated alkanes) is 4. The molecule has 0 spiro atoms. The van der Waals surface area contributed by atoms with E-state index in [2.05, 4.69) is 32.8 Å². The number of ether oxygens (including phenoxy) is 4. The number of methoxy groups -OCH3 is 1. The highest BCUT2D eigenvalue weighted by molar-refractivity contribution is 6.63. The molecule has 0 aromatic rings. The highest BCUT2D eigenvalue weighted by atomic mass is 35.6. The minimum Gasteiger partial charge on any atom is -0.469 e. The summed E-state index contributed by atoms with van der Waals surface area (Å²) >= 11 is 23.9. The maximum absolute atomic E-state index is 10.0. The van der Waals surface area contributed by atoms with Crippen LogP contribution >= 0.6 is 58.0 Å². The molecule has 0 unspecified atom stereocenters. The average molecular weight is 787 g/mol. The molecule has 0 aromatic heterocycles. The van der Waals surface area contributed by atoms with Gasteiger partial charge in [0.2, 0.25) is 0 Å². The molecule has 15 heteroatoms. The fourth-order valence-corrected chi connectivity index (χ4v) is 1.42. The molecule has 288 valence electrons. The van der Waals surface area contributed by atoms with Crippen LogP contribution in [0.3, 0.4) is 0 Å². The van der Waals surface area contributed by atoms with E-state index in [9.17, 15) is 28.8 Å². The summed E-state index contributed by atoms with van der Waals surface area (Å²) in [6.07, 6.45) is 7.70. The van der Waals surface area contributed by atoms with Crippen molar-refractivity contribution in [2.45, 2.75) is 146 Å². The van der Waals surface area contributed by atoms with E-state index in [1.54, 1.807) is 20.8 Å². The zero-order chi connectivity index (χ0) is 39.8. The van der Waals surface area contributed by atoms with Gasteiger partial charge in [0.15, 0.2) is 4.30 Å². The van der Waals surface area contributed by atoms with Crippen molar-refractivity contribution in [2.75, 3.05) is 25.7 Å². The van der Waals surface area contributed by atoms with E-state index in [0.717, 1.165) is 0 Å². The third-order valence-corrected chi connectivity index (χ3v) is 3.09. The molecule has 0 aliphatic carbocycles. The van der Waals surface area contributed by atoms with Gasteiger partial charge in [0, 0.05) is 34.1 Å². The van der Waals surface area contributed by atoms with Crippen molar-refractivity contribution in [3.63, 3.8) is 0 Å². The van der Waals surface area contributed by atoms with Crippen LogP contribution in [0.1, 0.15) is 135 Å². The number of alkyl halides is 5. The minimum atomic E-state index is -0.750. The first-order valence-electron chi connectivity index (χ1n) is 15.0. The molecule has 0 amide bonds. The largest absolute Gasteiger partial charge is 0.469 e. The van der Waals surface area contributed by atoms with Crippen molar-refractivity contribution in [3.8, 4) is 0 Å². The summed E-state index contributed by atoms with van der Waals surface area (Å²) in [4.78, 5) is 58.5. The second-order valence-electron chi connectivity index (χ2n) is 8.58. The van der Waals surface area contributed by atoms with Gasteiger partial charge in [0.25, 0.3) is 0 Å². The van der Waals surface area contributed by atoms with Gasteiger partial charge in [0.05, 0.1) is 31.8 Å². The van der Waals surface area contributed by atoms with Gasteiger partial charge in [-0.05, 0) is 48.5 Å². The summed E-state index contributed by atoms with van der Waals surface area (Å²) in [7, 11) is 1.35. The van der Waals surface area contributed by atoms with Crippen LogP contribution in [-0.2, 0) is 47.7 Å². The van der Waals surface area contributed by atoms with E-state index in [1.807, 2.05) is 20.8 Å². The van der Waals surface area contributed by atoms with Gasteiger partial charge in [-0.15, -0.1) is 23.2 Å². The first-order chi connectivity index (χ1) is 21.5. The summed E-state index contributed by atoms with van der Waals surface area (Å²) in [5.41, 5.74) is 0. The van der Waals surface area contributed by atoms with Crippen molar-refractivity contribution < 1.29 is 47.7 Å². The van der Waals surface area contributed by atoms with E-state index in [4.69, 9.17) is 58.0 Å². The van der Waals surface area contributed by atoms with Crippen LogP contribution in [0.15, 0.2) is 0 Å². The van der Waals surface area contributed by atoms with Crippen molar-refractivity contribution in [1.29, 1.82) is 0 Å². The Morgan fingerprint density at radius 1 is 0.574 bits per heavy atom. The van der Waals surface area contributed by atoms with E-state index in [-0.39, 0.29) is 46.9 Å². The first-order valence-corrected chi connectivity index (χ1v) is 17.4. The molecule has 0 aliphatic heterocycles. The smallest absolute Gasteiger partial charge is 0.302 e. The maximum Gasteiger partial charge on any atom is 0.302 e. The summed E-state index contributed by atoms with van der Waals surface area (Å²) < 4.78 is 16.8. The summed E-state index contributed by atoms with van der Waals surface area (Å²) in [6.45, 7) is 24.7. The number of rotatable bonds is 8. The Hall–Kier alpha value is -1.33. The maximum atomic E-state index is 10.0. The number of carbonyl (C=O) groups excluding carboxylic acids is 6. The third-order valence-electron chi connectivity index (χ3n) is 3.09. The SMILES string of the molecule is CC(=O)OC(C)C.CC(C)=O.CCC(C)=O.CCCCCCC.CCOC(C)=O.CCOC(C)=O.COC(C)=O.ClC(Cl)Cl.ClCCl. The molecule has 0 heterocycles. The Bertz CT molecular complexity index is 623. The lowest BCUT2D eigenvalue weighted by Gasteiger charge is -2.01. The van der Waals surface area contributed by atoms with Gasteiger partial charge in [-0.3, -0.25) is 19.2 Å². The Balaban J connectivity index is -0.0000000499. The second kappa shape index (κ2) is 67.0.